The fourth-order valence-electron chi connectivity index (χ4n) is 1.63. The van der Waals surface area contributed by atoms with Gasteiger partial charge in [0.25, 0.3) is 5.91 Å². The van der Waals surface area contributed by atoms with Crippen molar-refractivity contribution >= 4 is 17.6 Å². The average Bonchev–Trinajstić information content (AvgIpc) is 2.75. The summed E-state index contributed by atoms with van der Waals surface area (Å²) >= 11 is 0. The Labute approximate surface area is 114 Å². The average molecular weight is 284 g/mol. The highest BCUT2D eigenvalue weighted by molar-refractivity contribution is 5.95. The molecule has 0 saturated heterocycles. The van der Waals surface area contributed by atoms with Crippen LogP contribution in [0, 0.1) is 10.1 Å². The van der Waals surface area contributed by atoms with E-state index in [9.17, 15) is 19.7 Å². The standard InChI is InChI=1S/C11H16N4O5/c1-14-7-8(15(19)20)10(13-14)11(18)12-6-4-2-3-5-9(16)17/h7H,2-6H2,1H3,(H,12,18)(H,16,17). The van der Waals surface area contributed by atoms with Crippen LogP contribution in [0.25, 0.3) is 0 Å². The van der Waals surface area contributed by atoms with Crippen LogP contribution in [-0.4, -0.2) is 38.2 Å². The molecule has 1 aromatic rings. The summed E-state index contributed by atoms with van der Waals surface area (Å²) in [5.74, 6) is -1.45. The van der Waals surface area contributed by atoms with Crippen molar-refractivity contribution in [2.45, 2.75) is 25.7 Å². The Kier molecular flexibility index (Phi) is 5.63. The Balaban J connectivity index is 2.40. The van der Waals surface area contributed by atoms with E-state index in [1.807, 2.05) is 0 Å². The zero-order chi connectivity index (χ0) is 15.1. The molecule has 110 valence electrons. The van der Waals surface area contributed by atoms with Gasteiger partial charge in [0.05, 0.1) is 4.92 Å². The first-order chi connectivity index (χ1) is 9.41. The van der Waals surface area contributed by atoms with Crippen LogP contribution in [0.15, 0.2) is 6.20 Å². The first-order valence-corrected chi connectivity index (χ1v) is 6.10. The molecule has 20 heavy (non-hydrogen) atoms. The minimum Gasteiger partial charge on any atom is -0.481 e. The molecule has 1 heterocycles. The molecule has 9 heteroatoms. The zero-order valence-electron chi connectivity index (χ0n) is 11.0. The lowest BCUT2D eigenvalue weighted by atomic mass is 10.2. The Bertz CT molecular complexity index is 511. The van der Waals surface area contributed by atoms with Gasteiger partial charge in [0.2, 0.25) is 5.69 Å². The van der Waals surface area contributed by atoms with Crippen LogP contribution in [-0.2, 0) is 11.8 Å². The van der Waals surface area contributed by atoms with Crippen LogP contribution >= 0.6 is 0 Å². The Morgan fingerprint density at radius 2 is 2.15 bits per heavy atom. The van der Waals surface area contributed by atoms with Gasteiger partial charge in [0.1, 0.15) is 6.20 Å². The Morgan fingerprint density at radius 1 is 1.45 bits per heavy atom. The number of unbranched alkanes of at least 4 members (excludes halogenated alkanes) is 2. The van der Waals surface area contributed by atoms with E-state index in [0.717, 1.165) is 0 Å². The monoisotopic (exact) mass is 284 g/mol. The molecule has 0 aromatic carbocycles. The van der Waals surface area contributed by atoms with Crippen molar-refractivity contribution < 1.29 is 19.6 Å². The van der Waals surface area contributed by atoms with E-state index < -0.39 is 16.8 Å². The summed E-state index contributed by atoms with van der Waals surface area (Å²) in [6, 6.07) is 0. The first kappa shape index (κ1) is 15.6. The second-order valence-corrected chi connectivity index (χ2v) is 4.25. The maximum absolute atomic E-state index is 11.7. The van der Waals surface area contributed by atoms with E-state index in [0.29, 0.717) is 25.8 Å². The number of nitrogens with one attached hydrogen (secondary N) is 1. The summed E-state index contributed by atoms with van der Waals surface area (Å²) in [6.07, 6.45) is 3.08. The Morgan fingerprint density at radius 3 is 2.75 bits per heavy atom. The predicted molar refractivity (Wildman–Crippen MR) is 68.3 cm³/mol. The maximum atomic E-state index is 11.7. The summed E-state index contributed by atoms with van der Waals surface area (Å²) in [4.78, 5) is 32.1. The van der Waals surface area contributed by atoms with Crippen LogP contribution in [0.2, 0.25) is 0 Å². The van der Waals surface area contributed by atoms with Gasteiger partial charge in [-0.2, -0.15) is 5.10 Å². The van der Waals surface area contributed by atoms with E-state index in [-0.39, 0.29) is 17.8 Å². The van der Waals surface area contributed by atoms with Crippen LogP contribution in [0.1, 0.15) is 36.2 Å². The second kappa shape index (κ2) is 7.22. The van der Waals surface area contributed by atoms with Gasteiger partial charge in [-0.3, -0.25) is 24.4 Å². The third-order valence-electron chi connectivity index (χ3n) is 2.57. The molecule has 2 N–H and O–H groups in total. The molecular weight excluding hydrogens is 268 g/mol. The SMILES string of the molecule is Cn1cc([N+](=O)[O-])c(C(=O)NCCCCCC(=O)O)n1. The molecule has 1 amide bonds. The highest BCUT2D eigenvalue weighted by Crippen LogP contribution is 2.15. The van der Waals surface area contributed by atoms with Crippen LogP contribution < -0.4 is 5.32 Å². The molecule has 0 aliphatic carbocycles. The number of carboxylic acids is 1. The number of carboxylic acid groups (broad SMARTS) is 1. The van der Waals surface area contributed by atoms with Crippen molar-refractivity contribution in [3.63, 3.8) is 0 Å². The van der Waals surface area contributed by atoms with Crippen molar-refractivity contribution in [1.29, 1.82) is 0 Å². The van der Waals surface area contributed by atoms with Crippen molar-refractivity contribution in [2.75, 3.05) is 6.54 Å². The molecule has 0 atom stereocenters. The van der Waals surface area contributed by atoms with Crippen LogP contribution in [0.5, 0.6) is 0 Å². The first-order valence-electron chi connectivity index (χ1n) is 6.10. The van der Waals surface area contributed by atoms with E-state index in [2.05, 4.69) is 10.4 Å². The zero-order valence-corrected chi connectivity index (χ0v) is 11.0. The Hall–Kier alpha value is -2.45. The topological polar surface area (TPSA) is 127 Å². The summed E-state index contributed by atoms with van der Waals surface area (Å²) in [5, 5.41) is 25.5. The third kappa shape index (κ3) is 4.67. The molecule has 1 rings (SSSR count). The van der Waals surface area contributed by atoms with Crippen molar-refractivity contribution in [3.05, 3.63) is 22.0 Å². The lowest BCUT2D eigenvalue weighted by molar-refractivity contribution is -0.385. The number of nitro groups is 1. The molecule has 0 fully saturated rings. The highest BCUT2D eigenvalue weighted by atomic mass is 16.6. The number of aryl methyl sites for hydroxylation is 1. The quantitative estimate of drug-likeness (QED) is 0.411. The molecule has 0 bridgehead atoms. The third-order valence-corrected chi connectivity index (χ3v) is 2.57. The lowest BCUT2D eigenvalue weighted by Gasteiger charge is -2.02. The van der Waals surface area contributed by atoms with Gasteiger partial charge in [-0.25, -0.2) is 0 Å². The largest absolute Gasteiger partial charge is 0.481 e. The van der Waals surface area contributed by atoms with E-state index >= 15 is 0 Å². The number of aliphatic carboxylic acids is 1. The van der Waals surface area contributed by atoms with E-state index in [4.69, 9.17) is 5.11 Å². The van der Waals surface area contributed by atoms with E-state index in [1.165, 1.54) is 17.9 Å². The van der Waals surface area contributed by atoms with Gasteiger partial charge in [-0.05, 0) is 12.8 Å². The summed E-state index contributed by atoms with van der Waals surface area (Å²) in [7, 11) is 1.50. The number of amides is 1. The van der Waals surface area contributed by atoms with Gasteiger partial charge in [-0.15, -0.1) is 0 Å². The van der Waals surface area contributed by atoms with Gasteiger partial charge >= 0.3 is 11.7 Å². The number of hydrogen-bond donors (Lipinski definition) is 2. The normalized spacial score (nSPS) is 10.2. The number of nitrogens with zero attached hydrogens (tertiary/aromatic N) is 3. The fraction of sp³-hybridized carbons (Fsp3) is 0.545. The van der Waals surface area contributed by atoms with Gasteiger partial charge in [-0.1, -0.05) is 6.42 Å². The minimum absolute atomic E-state index is 0.0969. The molecule has 0 saturated carbocycles. The summed E-state index contributed by atoms with van der Waals surface area (Å²) < 4.78 is 1.21. The number of hydrogen-bond acceptors (Lipinski definition) is 5. The second-order valence-electron chi connectivity index (χ2n) is 4.25. The van der Waals surface area contributed by atoms with Gasteiger partial charge < -0.3 is 10.4 Å². The predicted octanol–water partition coefficient (Wildman–Crippen LogP) is 0.703. The highest BCUT2D eigenvalue weighted by Gasteiger charge is 2.24. The van der Waals surface area contributed by atoms with Gasteiger partial charge in [0, 0.05) is 20.0 Å². The maximum Gasteiger partial charge on any atom is 0.320 e. The summed E-state index contributed by atoms with van der Waals surface area (Å²) in [6.45, 7) is 0.326. The van der Waals surface area contributed by atoms with Gasteiger partial charge in [0.15, 0.2) is 0 Å². The molecule has 1 aromatic heterocycles. The van der Waals surface area contributed by atoms with Crippen LogP contribution in [0.4, 0.5) is 5.69 Å². The number of aromatic nitrogens is 2. The lowest BCUT2D eigenvalue weighted by Crippen LogP contribution is -2.25. The van der Waals surface area contributed by atoms with Crippen LogP contribution in [0.3, 0.4) is 0 Å². The molecular formula is C11H16N4O5. The minimum atomic E-state index is -0.849. The summed E-state index contributed by atoms with van der Waals surface area (Å²) in [5.41, 5.74) is -0.557. The van der Waals surface area contributed by atoms with Crippen molar-refractivity contribution in [2.24, 2.45) is 7.05 Å². The molecule has 0 spiro atoms. The molecule has 0 aliphatic heterocycles. The molecule has 0 aliphatic rings. The van der Waals surface area contributed by atoms with E-state index in [1.54, 1.807) is 0 Å². The number of carbonyl (C=O) groups excluding carboxylic acids is 1. The molecule has 0 radical (unpaired) electrons. The smallest absolute Gasteiger partial charge is 0.320 e. The van der Waals surface area contributed by atoms with Crippen molar-refractivity contribution in [3.8, 4) is 0 Å². The van der Waals surface area contributed by atoms with Crippen molar-refractivity contribution in [1.82, 2.24) is 15.1 Å². The number of carbonyl (C=O) groups is 2. The fourth-order valence-corrected chi connectivity index (χ4v) is 1.63. The number of rotatable bonds is 8. The molecule has 9 nitrogen and oxygen atoms in total. The molecule has 0 unspecified atom stereocenters.